The molecule has 2 heterocycles. The molecule has 2 aromatic carbocycles. The Hall–Kier alpha value is -3.35. The van der Waals surface area contributed by atoms with Crippen LogP contribution in [0.4, 0.5) is 0 Å². The van der Waals surface area contributed by atoms with E-state index in [1.807, 2.05) is 44.2 Å². The highest BCUT2D eigenvalue weighted by Gasteiger charge is 2.30. The smallest absolute Gasteiger partial charge is 0.251 e. The summed E-state index contributed by atoms with van der Waals surface area (Å²) in [5, 5.41) is 5.65. The van der Waals surface area contributed by atoms with Crippen LogP contribution in [0.25, 0.3) is 0 Å². The number of guanidine groups is 1. The van der Waals surface area contributed by atoms with E-state index in [2.05, 4.69) is 41.6 Å². The normalized spacial score (nSPS) is 24.3. The summed E-state index contributed by atoms with van der Waals surface area (Å²) in [5.74, 6) is 1.91. The van der Waals surface area contributed by atoms with Crippen molar-refractivity contribution >= 4 is 17.8 Å². The van der Waals surface area contributed by atoms with Crippen LogP contribution in [-0.2, 0) is 11.2 Å². The number of carbonyl (C=O) groups is 2. The molecule has 3 atom stereocenters. The van der Waals surface area contributed by atoms with Gasteiger partial charge in [0.15, 0.2) is 5.96 Å². The number of amides is 2. The summed E-state index contributed by atoms with van der Waals surface area (Å²) < 4.78 is 5.77. The second-order valence-corrected chi connectivity index (χ2v) is 10.2. The molecule has 0 bridgehead atoms. The van der Waals surface area contributed by atoms with Crippen LogP contribution >= 0.6 is 0 Å². The van der Waals surface area contributed by atoms with E-state index < -0.39 is 0 Å². The average Bonchev–Trinajstić information content (AvgIpc) is 3.14. The van der Waals surface area contributed by atoms with Crippen LogP contribution in [0.5, 0.6) is 5.75 Å². The molecule has 1 aliphatic carbocycles. The second kappa shape index (κ2) is 9.49. The molecule has 34 heavy (non-hydrogen) atoms. The van der Waals surface area contributed by atoms with E-state index >= 15 is 0 Å². The predicted octanol–water partition coefficient (Wildman–Crippen LogP) is 3.84. The van der Waals surface area contributed by atoms with Gasteiger partial charge in [-0.3, -0.25) is 14.9 Å². The fourth-order valence-corrected chi connectivity index (χ4v) is 4.88. The van der Waals surface area contributed by atoms with Crippen LogP contribution in [0, 0.1) is 5.92 Å². The van der Waals surface area contributed by atoms with Crippen molar-refractivity contribution in [2.45, 2.75) is 64.5 Å². The summed E-state index contributed by atoms with van der Waals surface area (Å²) in [5.41, 5.74) is 9.55. The van der Waals surface area contributed by atoms with Gasteiger partial charge in [-0.15, -0.1) is 0 Å². The second-order valence-electron chi connectivity index (χ2n) is 10.2. The van der Waals surface area contributed by atoms with Gasteiger partial charge in [-0.1, -0.05) is 38.1 Å². The molecule has 0 spiro atoms. The first-order chi connectivity index (χ1) is 16.1. The summed E-state index contributed by atoms with van der Waals surface area (Å²) in [7, 11) is 0. The molecule has 3 unspecified atom stereocenters. The molecule has 7 heteroatoms. The molecule has 0 fully saturated rings. The molecule has 0 aromatic heterocycles. The van der Waals surface area contributed by atoms with Gasteiger partial charge in [0.2, 0.25) is 5.91 Å². The first-order valence-corrected chi connectivity index (χ1v) is 11.9. The van der Waals surface area contributed by atoms with E-state index in [1.165, 1.54) is 17.5 Å². The lowest BCUT2D eigenvalue weighted by atomic mass is 9.91. The molecule has 2 amide bonds. The number of para-hydroxylation sites is 1. The van der Waals surface area contributed by atoms with Crippen molar-refractivity contribution in [3.05, 3.63) is 64.7 Å². The van der Waals surface area contributed by atoms with Crippen LogP contribution in [-0.4, -0.2) is 29.9 Å². The van der Waals surface area contributed by atoms with Crippen molar-refractivity contribution in [2.75, 3.05) is 6.61 Å². The zero-order chi connectivity index (χ0) is 24.5. The number of nitrogens with zero attached hydrogens (tertiary/aromatic N) is 1. The minimum Gasteiger partial charge on any atom is -0.493 e. The zero-order valence-corrected chi connectivity index (χ0v) is 20.4. The van der Waals surface area contributed by atoms with Gasteiger partial charge in [0.1, 0.15) is 5.75 Å². The highest BCUT2D eigenvalue weighted by Crippen LogP contribution is 2.36. The van der Waals surface area contributed by atoms with Crippen LogP contribution in [0.2, 0.25) is 0 Å². The molecule has 0 saturated heterocycles. The number of benzene rings is 2. The molecule has 0 saturated carbocycles. The van der Waals surface area contributed by atoms with E-state index in [0.29, 0.717) is 18.9 Å². The third-order valence-electron chi connectivity index (χ3n) is 6.68. The van der Waals surface area contributed by atoms with E-state index in [0.717, 1.165) is 23.3 Å². The van der Waals surface area contributed by atoms with Gasteiger partial charge in [0.05, 0.1) is 24.6 Å². The lowest BCUT2D eigenvalue weighted by Gasteiger charge is -2.32. The standard InChI is InChI=1S/C21H23NO2.C6H11N3O/c1-13-7-8-15-11-16(9-10-17(13)15)21(23)22-20-14(2)12-24-19-6-4-3-5-18(19)20;1-6(2)3-4(10)8-5(7)9-6/h3-6,9-11,13-14,20H,7-8,12H2,1-2H3,(H,22,23);3H2,1-2H3,(H3,7,8,9,10). The maximum absolute atomic E-state index is 12.8. The van der Waals surface area contributed by atoms with Gasteiger partial charge in [-0.05, 0) is 61.9 Å². The van der Waals surface area contributed by atoms with E-state index in [1.54, 1.807) is 0 Å². The number of aliphatic imine (C=N–C) groups is 1. The predicted molar refractivity (Wildman–Crippen MR) is 133 cm³/mol. The fourth-order valence-electron chi connectivity index (χ4n) is 4.88. The Morgan fingerprint density at radius 3 is 2.68 bits per heavy atom. The molecule has 2 aromatic rings. The number of hydrogen-bond acceptors (Lipinski definition) is 5. The molecule has 0 radical (unpaired) electrons. The molecular weight excluding hydrogens is 428 g/mol. The average molecular weight is 463 g/mol. The number of carbonyl (C=O) groups excluding carboxylic acids is 2. The first kappa shape index (κ1) is 23.8. The van der Waals surface area contributed by atoms with Crippen LogP contribution in [0.1, 0.15) is 79.5 Å². The zero-order valence-electron chi connectivity index (χ0n) is 20.4. The largest absolute Gasteiger partial charge is 0.493 e. The van der Waals surface area contributed by atoms with Gasteiger partial charge >= 0.3 is 0 Å². The van der Waals surface area contributed by atoms with Crippen molar-refractivity contribution < 1.29 is 14.3 Å². The fraction of sp³-hybridized carbons (Fsp3) is 0.444. The minimum absolute atomic E-state index is 0.00497. The quantitative estimate of drug-likeness (QED) is 0.631. The van der Waals surface area contributed by atoms with E-state index in [-0.39, 0.29) is 35.3 Å². The molecule has 3 aliphatic rings. The molecule has 7 nitrogen and oxygen atoms in total. The third-order valence-corrected chi connectivity index (χ3v) is 6.68. The summed E-state index contributed by atoms with van der Waals surface area (Å²) in [6, 6.07) is 14.1. The minimum atomic E-state index is -0.327. The maximum Gasteiger partial charge on any atom is 0.251 e. The summed E-state index contributed by atoms with van der Waals surface area (Å²) in [6.07, 6.45) is 2.67. The lowest BCUT2D eigenvalue weighted by Crippen LogP contribution is -2.46. The summed E-state index contributed by atoms with van der Waals surface area (Å²) >= 11 is 0. The van der Waals surface area contributed by atoms with Gasteiger partial charge < -0.3 is 15.8 Å². The Kier molecular flexibility index (Phi) is 6.64. The lowest BCUT2D eigenvalue weighted by molar-refractivity contribution is -0.121. The van der Waals surface area contributed by atoms with Gasteiger partial charge in [0, 0.05) is 17.0 Å². The Morgan fingerprint density at radius 2 is 1.94 bits per heavy atom. The summed E-state index contributed by atoms with van der Waals surface area (Å²) in [6.45, 7) is 8.75. The number of rotatable bonds is 2. The Labute approximate surface area is 201 Å². The van der Waals surface area contributed by atoms with Crippen LogP contribution in [0.15, 0.2) is 47.5 Å². The Balaban J connectivity index is 0.000000231. The van der Waals surface area contributed by atoms with Crippen LogP contribution < -0.4 is 21.1 Å². The van der Waals surface area contributed by atoms with Crippen molar-refractivity contribution in [1.29, 1.82) is 0 Å². The molecule has 180 valence electrons. The number of fused-ring (bicyclic) bond motifs is 2. The highest BCUT2D eigenvalue weighted by atomic mass is 16.5. The van der Waals surface area contributed by atoms with Crippen molar-refractivity contribution in [2.24, 2.45) is 16.6 Å². The molecule has 5 rings (SSSR count). The Bertz CT molecular complexity index is 1120. The van der Waals surface area contributed by atoms with Gasteiger partial charge in [-0.25, -0.2) is 4.99 Å². The SMILES string of the molecule is CC1(C)CC(=O)NC(N)=N1.CC1CCc2cc(C(=O)NC3c4ccccc4OCC3C)ccc21. The van der Waals surface area contributed by atoms with Gasteiger partial charge in [0.25, 0.3) is 5.91 Å². The van der Waals surface area contributed by atoms with Gasteiger partial charge in [-0.2, -0.15) is 0 Å². The van der Waals surface area contributed by atoms with Crippen molar-refractivity contribution in [1.82, 2.24) is 10.6 Å². The molecule has 4 N–H and O–H groups in total. The number of nitrogens with one attached hydrogen (secondary N) is 2. The Morgan fingerprint density at radius 1 is 1.18 bits per heavy atom. The number of aryl methyl sites for hydroxylation is 1. The number of nitrogens with two attached hydrogens (primary N) is 1. The summed E-state index contributed by atoms with van der Waals surface area (Å²) in [4.78, 5) is 27.6. The highest BCUT2D eigenvalue weighted by molar-refractivity contribution is 5.98. The number of hydrogen-bond donors (Lipinski definition) is 3. The maximum atomic E-state index is 12.8. The van der Waals surface area contributed by atoms with Crippen molar-refractivity contribution in [3.8, 4) is 5.75 Å². The van der Waals surface area contributed by atoms with Crippen LogP contribution in [0.3, 0.4) is 0 Å². The first-order valence-electron chi connectivity index (χ1n) is 11.9. The van der Waals surface area contributed by atoms with Crippen molar-refractivity contribution in [3.63, 3.8) is 0 Å². The third kappa shape index (κ3) is 5.24. The van der Waals surface area contributed by atoms with E-state index in [4.69, 9.17) is 10.5 Å². The number of ether oxygens (including phenoxy) is 1. The molecule has 2 aliphatic heterocycles. The monoisotopic (exact) mass is 462 g/mol. The van der Waals surface area contributed by atoms with E-state index in [9.17, 15) is 9.59 Å². The molecular formula is C27H34N4O3. The topological polar surface area (TPSA) is 106 Å².